The van der Waals surface area contributed by atoms with Crippen LogP contribution in [0.15, 0.2) is 30.3 Å². The second kappa shape index (κ2) is 5.72. The zero-order valence-electron chi connectivity index (χ0n) is 12.6. The van der Waals surface area contributed by atoms with Crippen molar-refractivity contribution >= 4 is 5.91 Å². The van der Waals surface area contributed by atoms with Crippen molar-refractivity contribution < 1.29 is 4.79 Å². The highest BCUT2D eigenvalue weighted by Crippen LogP contribution is 2.29. The molecule has 0 radical (unpaired) electrons. The molecular formula is C17H21N3O. The predicted octanol–water partition coefficient (Wildman–Crippen LogP) is 2.69. The Hall–Kier alpha value is -2.10. The fourth-order valence-corrected chi connectivity index (χ4v) is 2.71. The van der Waals surface area contributed by atoms with Gasteiger partial charge < -0.3 is 5.32 Å². The Morgan fingerprint density at radius 1 is 1.29 bits per heavy atom. The lowest BCUT2D eigenvalue weighted by atomic mass is 10.0. The van der Waals surface area contributed by atoms with Crippen molar-refractivity contribution in [2.45, 2.75) is 33.2 Å². The van der Waals surface area contributed by atoms with Crippen LogP contribution in [0.2, 0.25) is 0 Å². The van der Waals surface area contributed by atoms with Crippen molar-refractivity contribution in [1.82, 2.24) is 15.1 Å². The number of carbonyl (C=O) groups is 1. The van der Waals surface area contributed by atoms with Gasteiger partial charge in [0.05, 0.1) is 12.2 Å². The molecule has 1 aliphatic carbocycles. The number of aromatic nitrogens is 2. The van der Waals surface area contributed by atoms with Gasteiger partial charge in [-0.05, 0) is 32.3 Å². The normalized spacial score (nSPS) is 14.2. The molecule has 2 aromatic rings. The zero-order chi connectivity index (χ0) is 14.8. The summed E-state index contributed by atoms with van der Waals surface area (Å²) in [6, 6.07) is 10.3. The largest absolute Gasteiger partial charge is 0.354 e. The Morgan fingerprint density at radius 3 is 2.67 bits per heavy atom. The van der Waals surface area contributed by atoms with Gasteiger partial charge in [-0.2, -0.15) is 5.10 Å². The maximum absolute atomic E-state index is 11.6. The van der Waals surface area contributed by atoms with E-state index >= 15 is 0 Å². The van der Waals surface area contributed by atoms with Crippen LogP contribution in [-0.4, -0.2) is 22.2 Å². The van der Waals surface area contributed by atoms with E-state index in [1.165, 1.54) is 11.1 Å². The lowest BCUT2D eigenvalue weighted by Crippen LogP contribution is -2.28. The van der Waals surface area contributed by atoms with Crippen LogP contribution in [0, 0.1) is 19.8 Å². The average Bonchev–Trinajstić information content (AvgIpc) is 3.28. The Balaban J connectivity index is 1.70. The third-order valence-corrected chi connectivity index (χ3v) is 4.01. The van der Waals surface area contributed by atoms with Gasteiger partial charge in [-0.3, -0.25) is 9.48 Å². The van der Waals surface area contributed by atoms with Crippen LogP contribution in [0.5, 0.6) is 0 Å². The van der Waals surface area contributed by atoms with Gasteiger partial charge in [-0.1, -0.05) is 30.3 Å². The van der Waals surface area contributed by atoms with Gasteiger partial charge in [-0.25, -0.2) is 0 Å². The van der Waals surface area contributed by atoms with Crippen molar-refractivity contribution in [1.29, 1.82) is 0 Å². The first-order chi connectivity index (χ1) is 10.2. The lowest BCUT2D eigenvalue weighted by molar-refractivity contribution is -0.122. The zero-order valence-corrected chi connectivity index (χ0v) is 12.6. The number of hydrogen-bond donors (Lipinski definition) is 1. The highest BCUT2D eigenvalue weighted by atomic mass is 16.2. The molecule has 0 atom stereocenters. The Kier molecular flexibility index (Phi) is 3.78. The van der Waals surface area contributed by atoms with Gasteiger partial charge in [-0.15, -0.1) is 0 Å². The van der Waals surface area contributed by atoms with Crippen molar-refractivity contribution in [2.24, 2.45) is 5.92 Å². The molecule has 1 N–H and O–H groups in total. The van der Waals surface area contributed by atoms with Gasteiger partial charge in [0, 0.05) is 23.7 Å². The number of carbonyl (C=O) groups excluding carboxylic acids is 1. The van der Waals surface area contributed by atoms with Crippen molar-refractivity contribution in [3.63, 3.8) is 0 Å². The summed E-state index contributed by atoms with van der Waals surface area (Å²) in [5.74, 6) is 0.463. The molecular weight excluding hydrogens is 262 g/mol. The molecule has 1 heterocycles. The van der Waals surface area contributed by atoms with E-state index in [-0.39, 0.29) is 11.8 Å². The van der Waals surface area contributed by atoms with E-state index in [0.717, 1.165) is 30.8 Å². The van der Waals surface area contributed by atoms with Gasteiger partial charge in [0.1, 0.15) is 0 Å². The number of aryl methyl sites for hydroxylation is 1. The van der Waals surface area contributed by atoms with E-state index < -0.39 is 0 Å². The van der Waals surface area contributed by atoms with E-state index in [4.69, 9.17) is 0 Å². The van der Waals surface area contributed by atoms with E-state index in [0.29, 0.717) is 6.54 Å². The molecule has 110 valence electrons. The number of hydrogen-bond acceptors (Lipinski definition) is 2. The smallest absolute Gasteiger partial charge is 0.223 e. The molecule has 0 aliphatic heterocycles. The second-order valence-electron chi connectivity index (χ2n) is 5.70. The molecule has 0 unspecified atom stereocenters. The molecule has 0 spiro atoms. The van der Waals surface area contributed by atoms with Gasteiger partial charge >= 0.3 is 0 Å². The number of amides is 1. The molecule has 1 fully saturated rings. The Bertz CT molecular complexity index is 642. The number of benzene rings is 1. The summed E-state index contributed by atoms with van der Waals surface area (Å²) in [6.45, 7) is 5.49. The fraction of sp³-hybridized carbons (Fsp3) is 0.412. The van der Waals surface area contributed by atoms with E-state index in [1.807, 2.05) is 29.8 Å². The highest BCUT2D eigenvalue weighted by Gasteiger charge is 2.29. The topological polar surface area (TPSA) is 46.9 Å². The first kappa shape index (κ1) is 13.9. The summed E-state index contributed by atoms with van der Waals surface area (Å²) in [5, 5.41) is 7.60. The molecule has 21 heavy (non-hydrogen) atoms. The molecule has 0 bridgehead atoms. The fourth-order valence-electron chi connectivity index (χ4n) is 2.71. The van der Waals surface area contributed by atoms with E-state index in [1.54, 1.807) is 0 Å². The van der Waals surface area contributed by atoms with Crippen molar-refractivity contribution in [3.05, 3.63) is 41.7 Å². The van der Waals surface area contributed by atoms with Crippen LogP contribution in [0.25, 0.3) is 11.1 Å². The molecule has 1 aromatic carbocycles. The maximum atomic E-state index is 11.6. The minimum absolute atomic E-state index is 0.194. The molecule has 3 rings (SSSR count). The minimum atomic E-state index is 0.194. The molecule has 1 saturated carbocycles. The summed E-state index contributed by atoms with van der Waals surface area (Å²) in [4.78, 5) is 11.6. The third kappa shape index (κ3) is 2.99. The summed E-state index contributed by atoms with van der Waals surface area (Å²) in [5.41, 5.74) is 4.58. The van der Waals surface area contributed by atoms with E-state index in [9.17, 15) is 4.79 Å². The molecule has 1 aliphatic rings. The lowest BCUT2D eigenvalue weighted by Gasteiger charge is -2.07. The predicted molar refractivity (Wildman–Crippen MR) is 82.9 cm³/mol. The van der Waals surface area contributed by atoms with Crippen LogP contribution < -0.4 is 5.32 Å². The third-order valence-electron chi connectivity index (χ3n) is 4.01. The number of nitrogens with zero attached hydrogens (tertiary/aromatic N) is 2. The van der Waals surface area contributed by atoms with Gasteiger partial charge in [0.2, 0.25) is 5.91 Å². The quantitative estimate of drug-likeness (QED) is 0.917. The maximum Gasteiger partial charge on any atom is 0.223 e. The first-order valence-electron chi connectivity index (χ1n) is 7.54. The molecule has 1 amide bonds. The van der Waals surface area contributed by atoms with Crippen LogP contribution >= 0.6 is 0 Å². The average molecular weight is 283 g/mol. The van der Waals surface area contributed by atoms with Gasteiger partial charge in [0.25, 0.3) is 0 Å². The van der Waals surface area contributed by atoms with Crippen LogP contribution in [-0.2, 0) is 11.3 Å². The summed E-state index contributed by atoms with van der Waals surface area (Å²) >= 11 is 0. The van der Waals surface area contributed by atoms with Crippen molar-refractivity contribution in [3.8, 4) is 11.1 Å². The SMILES string of the molecule is Cc1nn(CCNC(=O)C2CC2)c(C)c1-c1ccccc1. The number of rotatable bonds is 5. The second-order valence-corrected chi connectivity index (χ2v) is 5.70. The molecule has 4 nitrogen and oxygen atoms in total. The molecule has 1 aromatic heterocycles. The summed E-state index contributed by atoms with van der Waals surface area (Å²) in [6.07, 6.45) is 2.09. The number of nitrogens with one attached hydrogen (secondary N) is 1. The Morgan fingerprint density at radius 2 is 2.00 bits per heavy atom. The highest BCUT2D eigenvalue weighted by molar-refractivity contribution is 5.80. The van der Waals surface area contributed by atoms with Gasteiger partial charge in [0.15, 0.2) is 0 Å². The monoisotopic (exact) mass is 283 g/mol. The van der Waals surface area contributed by atoms with Crippen LogP contribution in [0.4, 0.5) is 0 Å². The van der Waals surface area contributed by atoms with Crippen LogP contribution in [0.3, 0.4) is 0 Å². The minimum Gasteiger partial charge on any atom is -0.354 e. The van der Waals surface area contributed by atoms with Crippen molar-refractivity contribution in [2.75, 3.05) is 6.54 Å². The van der Waals surface area contributed by atoms with E-state index in [2.05, 4.69) is 29.5 Å². The molecule has 4 heteroatoms. The first-order valence-corrected chi connectivity index (χ1v) is 7.54. The standard InChI is InChI=1S/C17H21N3O/c1-12-16(14-6-4-3-5-7-14)13(2)20(19-12)11-10-18-17(21)15-8-9-15/h3-7,15H,8-11H2,1-2H3,(H,18,21). The van der Waals surface area contributed by atoms with Crippen LogP contribution in [0.1, 0.15) is 24.2 Å². The Labute approximate surface area is 125 Å². The summed E-state index contributed by atoms with van der Waals surface area (Å²) < 4.78 is 1.99. The summed E-state index contributed by atoms with van der Waals surface area (Å²) in [7, 11) is 0. The molecule has 0 saturated heterocycles.